The fourth-order valence-corrected chi connectivity index (χ4v) is 7.04. The number of carboxylic acids is 1. The Hall–Kier alpha value is -3.89. The van der Waals surface area contributed by atoms with Crippen LogP contribution in [-0.2, 0) is 20.7 Å². The van der Waals surface area contributed by atoms with Crippen molar-refractivity contribution in [1.29, 1.82) is 0 Å². The Kier molecular flexibility index (Phi) is 10.4. The number of carbonyl (C=O) groups is 3. The third-order valence-electron chi connectivity index (χ3n) is 9.59. The fourth-order valence-electron chi connectivity index (χ4n) is 7.04. The van der Waals surface area contributed by atoms with E-state index in [0.717, 1.165) is 50.5 Å². The molecular formula is C35H48N4O7. The SMILES string of the molecule is CC[C@@H]1[C@@H]2CN(C(=O)[C@H](C(C)(C)C)NC(=O)O[C@@H]3CCC=C[C@H]3CCCCCCc3nc4ccc(OC)cc4nc3O2)[C@@H]1C(=O)O. The lowest BCUT2D eigenvalue weighted by molar-refractivity contribution is -0.151. The summed E-state index contributed by atoms with van der Waals surface area (Å²) in [5.74, 6) is -1.00. The van der Waals surface area contributed by atoms with E-state index in [1.54, 1.807) is 13.2 Å². The molecule has 0 unspecified atom stereocenters. The third-order valence-corrected chi connectivity index (χ3v) is 9.59. The van der Waals surface area contributed by atoms with Crippen molar-refractivity contribution in [3.8, 4) is 11.6 Å². The number of hydrogen-bond donors (Lipinski definition) is 2. The first-order valence-corrected chi connectivity index (χ1v) is 16.7. The summed E-state index contributed by atoms with van der Waals surface area (Å²) in [7, 11) is 1.59. The Labute approximate surface area is 271 Å². The van der Waals surface area contributed by atoms with E-state index >= 15 is 0 Å². The summed E-state index contributed by atoms with van der Waals surface area (Å²) < 4.78 is 17.9. The number of carbonyl (C=O) groups excluding carboxylic acids is 2. The number of aryl methyl sites for hydroxylation is 1. The number of methoxy groups -OCH3 is 1. The predicted octanol–water partition coefficient (Wildman–Crippen LogP) is 5.69. The average Bonchev–Trinajstić information content (AvgIpc) is 3.39. The number of nitrogens with one attached hydrogen (secondary N) is 1. The molecule has 250 valence electrons. The molecule has 2 bridgehead atoms. The van der Waals surface area contributed by atoms with Crippen molar-refractivity contribution in [2.45, 2.75) is 110 Å². The van der Waals surface area contributed by atoms with Gasteiger partial charge in [0.25, 0.3) is 0 Å². The highest BCUT2D eigenvalue weighted by atomic mass is 16.6. The second-order valence-electron chi connectivity index (χ2n) is 13.8. The molecule has 0 radical (unpaired) electrons. The molecule has 46 heavy (non-hydrogen) atoms. The Morgan fingerprint density at radius 3 is 2.57 bits per heavy atom. The Bertz CT molecular complexity index is 1450. The second-order valence-corrected chi connectivity index (χ2v) is 13.8. The van der Waals surface area contributed by atoms with Crippen molar-refractivity contribution in [3.05, 3.63) is 36.0 Å². The summed E-state index contributed by atoms with van der Waals surface area (Å²) in [4.78, 5) is 51.5. The van der Waals surface area contributed by atoms with Gasteiger partial charge in [-0.2, -0.15) is 0 Å². The molecule has 3 aliphatic rings. The maximum Gasteiger partial charge on any atom is 0.408 e. The van der Waals surface area contributed by atoms with Crippen LogP contribution in [0.25, 0.3) is 11.0 Å². The summed E-state index contributed by atoms with van der Waals surface area (Å²) in [6, 6.07) is 3.37. The van der Waals surface area contributed by atoms with Gasteiger partial charge in [-0.1, -0.05) is 59.1 Å². The molecule has 5 rings (SSSR count). The third kappa shape index (κ3) is 7.39. The number of fused-ring (bicyclic) bond motifs is 5. The first kappa shape index (κ1) is 33.5. The zero-order valence-electron chi connectivity index (χ0n) is 27.7. The van der Waals surface area contributed by atoms with Gasteiger partial charge in [-0.3, -0.25) is 4.79 Å². The molecule has 0 saturated carbocycles. The van der Waals surface area contributed by atoms with Gasteiger partial charge in [-0.05, 0) is 56.1 Å². The van der Waals surface area contributed by atoms with Gasteiger partial charge in [-0.25, -0.2) is 19.6 Å². The fraction of sp³-hybridized carbons (Fsp3) is 0.629. The number of aromatic nitrogens is 2. The van der Waals surface area contributed by atoms with Crippen molar-refractivity contribution < 1.29 is 33.7 Å². The van der Waals surface area contributed by atoms with E-state index in [2.05, 4.69) is 17.5 Å². The molecule has 0 spiro atoms. The predicted molar refractivity (Wildman–Crippen MR) is 173 cm³/mol. The van der Waals surface area contributed by atoms with Gasteiger partial charge < -0.3 is 29.5 Å². The number of rotatable bonds is 3. The van der Waals surface area contributed by atoms with Crippen LogP contribution in [0, 0.1) is 17.3 Å². The van der Waals surface area contributed by atoms with Crippen LogP contribution in [0.5, 0.6) is 11.6 Å². The maximum absolute atomic E-state index is 14.3. The summed E-state index contributed by atoms with van der Waals surface area (Å²) in [5.41, 5.74) is 1.32. The monoisotopic (exact) mass is 636 g/mol. The molecule has 2 amide bonds. The highest BCUT2D eigenvalue weighted by Crippen LogP contribution is 2.35. The lowest BCUT2D eigenvalue weighted by Crippen LogP contribution is -2.57. The molecule has 1 fully saturated rings. The van der Waals surface area contributed by atoms with Crippen molar-refractivity contribution in [2.24, 2.45) is 17.3 Å². The van der Waals surface area contributed by atoms with E-state index < -0.39 is 47.5 Å². The Morgan fingerprint density at radius 2 is 1.85 bits per heavy atom. The van der Waals surface area contributed by atoms with Crippen LogP contribution in [0.1, 0.15) is 84.8 Å². The highest BCUT2D eigenvalue weighted by molar-refractivity contribution is 5.90. The Morgan fingerprint density at radius 1 is 1.07 bits per heavy atom. The average molecular weight is 637 g/mol. The summed E-state index contributed by atoms with van der Waals surface area (Å²) >= 11 is 0. The molecule has 11 heteroatoms. The van der Waals surface area contributed by atoms with E-state index in [4.69, 9.17) is 24.2 Å². The summed E-state index contributed by atoms with van der Waals surface area (Å²) in [5, 5.41) is 13.3. The number of aliphatic carboxylic acids is 1. The minimum absolute atomic E-state index is 0.0321. The first-order valence-electron chi connectivity index (χ1n) is 16.7. The molecule has 11 nitrogen and oxygen atoms in total. The van der Waals surface area contributed by atoms with Crippen LogP contribution in [0.2, 0.25) is 0 Å². The van der Waals surface area contributed by atoms with Crippen molar-refractivity contribution >= 4 is 29.0 Å². The number of benzene rings is 1. The van der Waals surface area contributed by atoms with Crippen LogP contribution in [0.3, 0.4) is 0 Å². The van der Waals surface area contributed by atoms with Gasteiger partial charge in [-0.15, -0.1) is 0 Å². The number of alkyl carbamates (subject to hydrolysis) is 1. The normalized spacial score (nSPS) is 28.1. The van der Waals surface area contributed by atoms with Gasteiger partial charge in [0.15, 0.2) is 0 Å². The van der Waals surface area contributed by atoms with E-state index in [0.29, 0.717) is 35.7 Å². The molecule has 1 saturated heterocycles. The minimum Gasteiger partial charge on any atom is -0.497 e. The smallest absolute Gasteiger partial charge is 0.408 e. The molecule has 1 aromatic heterocycles. The van der Waals surface area contributed by atoms with E-state index in [-0.39, 0.29) is 18.6 Å². The molecule has 2 aromatic rings. The topological polar surface area (TPSA) is 140 Å². The lowest BCUT2D eigenvalue weighted by Gasteiger charge is -2.35. The van der Waals surface area contributed by atoms with Gasteiger partial charge in [0, 0.05) is 17.9 Å². The van der Waals surface area contributed by atoms with E-state index in [1.165, 1.54) is 4.90 Å². The molecule has 1 aliphatic carbocycles. The lowest BCUT2D eigenvalue weighted by atomic mass is 9.85. The van der Waals surface area contributed by atoms with Gasteiger partial charge in [0.05, 0.1) is 24.7 Å². The molecule has 2 N–H and O–H groups in total. The second kappa shape index (κ2) is 14.3. The van der Waals surface area contributed by atoms with Gasteiger partial charge in [0.2, 0.25) is 11.8 Å². The Balaban J connectivity index is 1.53. The van der Waals surface area contributed by atoms with Crippen LogP contribution in [0.15, 0.2) is 30.4 Å². The zero-order valence-corrected chi connectivity index (χ0v) is 27.7. The minimum atomic E-state index is -1.14. The van der Waals surface area contributed by atoms with Crippen molar-refractivity contribution in [3.63, 3.8) is 0 Å². The van der Waals surface area contributed by atoms with Crippen LogP contribution in [-0.4, -0.2) is 75.9 Å². The molecular weight excluding hydrogens is 588 g/mol. The summed E-state index contributed by atoms with van der Waals surface area (Å²) in [6.07, 6.45) is 10.2. The van der Waals surface area contributed by atoms with Crippen LogP contribution < -0.4 is 14.8 Å². The van der Waals surface area contributed by atoms with E-state index in [1.807, 2.05) is 39.8 Å². The molecule has 6 atom stereocenters. The summed E-state index contributed by atoms with van der Waals surface area (Å²) in [6.45, 7) is 7.47. The quantitative estimate of drug-likeness (QED) is 0.407. The molecule has 3 heterocycles. The number of ether oxygens (including phenoxy) is 3. The number of nitrogens with zero attached hydrogens (tertiary/aromatic N) is 3. The largest absolute Gasteiger partial charge is 0.497 e. The van der Waals surface area contributed by atoms with Crippen molar-refractivity contribution in [1.82, 2.24) is 20.2 Å². The first-order chi connectivity index (χ1) is 22.0. The van der Waals surface area contributed by atoms with E-state index in [9.17, 15) is 19.5 Å². The standard InChI is InChI=1S/C35H48N4O7/c1-6-23-28-20-39(29(23)33(41)42)32(40)30(35(2,3)4)38-34(43)46-27-16-12-11-14-21(27)13-9-7-8-10-15-25-31(45-28)37-26-19-22(44-5)17-18-24(26)36-25/h11,14,17-19,21,23,27-30H,6-10,12-13,15-16,20H2,1-5H3,(H,38,43)(H,41,42)/t21-,23-,27-,28+,29+,30-/m1/s1. The highest BCUT2D eigenvalue weighted by Gasteiger charge is 2.51. The number of allylic oxidation sites excluding steroid dienone is 1. The zero-order chi connectivity index (χ0) is 33.0. The molecule has 2 aliphatic heterocycles. The van der Waals surface area contributed by atoms with Crippen LogP contribution >= 0.6 is 0 Å². The van der Waals surface area contributed by atoms with Crippen LogP contribution in [0.4, 0.5) is 4.79 Å². The number of amides is 2. The number of hydrogen-bond acceptors (Lipinski definition) is 8. The molecule has 1 aromatic carbocycles. The van der Waals surface area contributed by atoms with Gasteiger partial charge >= 0.3 is 12.1 Å². The van der Waals surface area contributed by atoms with Crippen molar-refractivity contribution in [2.75, 3.05) is 13.7 Å². The van der Waals surface area contributed by atoms with Gasteiger partial charge in [0.1, 0.15) is 35.7 Å². The number of carboxylic acid groups (broad SMARTS) is 1. The maximum atomic E-state index is 14.3.